The van der Waals surface area contributed by atoms with Crippen LogP contribution in [-0.2, 0) is 9.59 Å². The van der Waals surface area contributed by atoms with E-state index in [1.54, 1.807) is 13.8 Å². The van der Waals surface area contributed by atoms with Gasteiger partial charge in [-0.2, -0.15) is 0 Å². The zero-order valence-electron chi connectivity index (χ0n) is 12.4. The Kier molecular flexibility index (Phi) is 3.98. The van der Waals surface area contributed by atoms with Gasteiger partial charge in [0.05, 0.1) is 0 Å². The maximum atomic E-state index is 14.3. The van der Waals surface area contributed by atoms with Crippen LogP contribution in [0.2, 0.25) is 0 Å². The molecule has 1 heterocycles. The summed E-state index contributed by atoms with van der Waals surface area (Å²) >= 11 is 0. The Morgan fingerprint density at radius 3 is 2.43 bits per heavy atom. The molecule has 1 N–H and O–H groups in total. The standard InChI is InChI=1S/C15H18F2N2O2/c1-7(2)12-14(20)18-9(4)15(21)19(12)13-10(16)6-5-8(3)11(13)17/h5-7,9,12H,1-4H3,(H,18,20). The average molecular weight is 296 g/mol. The predicted octanol–water partition coefficient (Wildman–Crippen LogP) is 2.15. The number of nitrogens with zero attached hydrogens (tertiary/aromatic N) is 1. The fraction of sp³-hybridized carbons (Fsp3) is 0.467. The molecule has 1 saturated heterocycles. The molecule has 0 aromatic heterocycles. The third kappa shape index (κ3) is 2.50. The van der Waals surface area contributed by atoms with Crippen molar-refractivity contribution >= 4 is 17.5 Å². The largest absolute Gasteiger partial charge is 0.343 e. The van der Waals surface area contributed by atoms with Crippen molar-refractivity contribution in [2.45, 2.75) is 39.8 Å². The highest BCUT2D eigenvalue weighted by Gasteiger charge is 2.43. The molecule has 2 atom stereocenters. The van der Waals surface area contributed by atoms with Gasteiger partial charge in [0, 0.05) is 0 Å². The molecule has 4 nitrogen and oxygen atoms in total. The van der Waals surface area contributed by atoms with Gasteiger partial charge < -0.3 is 5.32 Å². The summed E-state index contributed by atoms with van der Waals surface area (Å²) in [4.78, 5) is 25.5. The van der Waals surface area contributed by atoms with Gasteiger partial charge in [0.15, 0.2) is 5.82 Å². The minimum absolute atomic E-state index is 0.223. The van der Waals surface area contributed by atoms with Gasteiger partial charge in [-0.15, -0.1) is 0 Å². The van der Waals surface area contributed by atoms with E-state index in [-0.39, 0.29) is 11.5 Å². The summed E-state index contributed by atoms with van der Waals surface area (Å²) in [6, 6.07) is 0.665. The normalized spacial score (nSPS) is 22.7. The Morgan fingerprint density at radius 2 is 1.86 bits per heavy atom. The van der Waals surface area contributed by atoms with E-state index in [9.17, 15) is 18.4 Å². The predicted molar refractivity (Wildman–Crippen MR) is 74.8 cm³/mol. The number of hydrogen-bond acceptors (Lipinski definition) is 2. The fourth-order valence-electron chi connectivity index (χ4n) is 2.54. The third-order valence-corrected chi connectivity index (χ3v) is 3.65. The molecule has 21 heavy (non-hydrogen) atoms. The highest BCUT2D eigenvalue weighted by molar-refractivity contribution is 6.08. The Bertz CT molecular complexity index is 602. The molecule has 114 valence electrons. The molecule has 0 bridgehead atoms. The lowest BCUT2D eigenvalue weighted by Gasteiger charge is -2.40. The number of aryl methyl sites for hydroxylation is 1. The number of hydrogen-bond donors (Lipinski definition) is 1. The number of piperazine rings is 1. The number of anilines is 1. The quantitative estimate of drug-likeness (QED) is 0.909. The molecule has 0 spiro atoms. The summed E-state index contributed by atoms with van der Waals surface area (Å²) in [6.45, 7) is 6.44. The summed E-state index contributed by atoms with van der Waals surface area (Å²) in [5, 5.41) is 2.54. The van der Waals surface area contributed by atoms with E-state index in [4.69, 9.17) is 0 Å². The van der Waals surface area contributed by atoms with Crippen LogP contribution in [0.25, 0.3) is 0 Å². The number of halogens is 2. The molecule has 0 saturated carbocycles. The van der Waals surface area contributed by atoms with Crippen LogP contribution in [0.15, 0.2) is 12.1 Å². The van der Waals surface area contributed by atoms with Gasteiger partial charge in [0.25, 0.3) is 0 Å². The second kappa shape index (κ2) is 5.42. The molecule has 1 aromatic carbocycles. The second-order valence-electron chi connectivity index (χ2n) is 5.65. The smallest absolute Gasteiger partial charge is 0.250 e. The highest BCUT2D eigenvalue weighted by atomic mass is 19.1. The van der Waals surface area contributed by atoms with Crippen molar-refractivity contribution in [3.05, 3.63) is 29.3 Å². The first-order valence-electron chi connectivity index (χ1n) is 6.83. The van der Waals surface area contributed by atoms with Crippen LogP contribution in [0.1, 0.15) is 26.3 Å². The van der Waals surface area contributed by atoms with Crippen LogP contribution in [0.3, 0.4) is 0 Å². The van der Waals surface area contributed by atoms with Crippen molar-refractivity contribution in [3.63, 3.8) is 0 Å². The van der Waals surface area contributed by atoms with Crippen molar-refractivity contribution in [2.75, 3.05) is 4.90 Å². The Hall–Kier alpha value is -1.98. The van der Waals surface area contributed by atoms with Crippen molar-refractivity contribution in [1.82, 2.24) is 5.32 Å². The van der Waals surface area contributed by atoms with Crippen LogP contribution >= 0.6 is 0 Å². The molecule has 2 unspecified atom stereocenters. The number of carbonyl (C=O) groups is 2. The molecule has 1 aromatic rings. The Morgan fingerprint density at radius 1 is 1.24 bits per heavy atom. The SMILES string of the molecule is Cc1ccc(F)c(N2C(=O)C(C)NC(=O)C2C(C)C)c1F. The average Bonchev–Trinajstić information content (AvgIpc) is 2.39. The maximum Gasteiger partial charge on any atom is 0.250 e. The molecular weight excluding hydrogens is 278 g/mol. The molecule has 0 aliphatic carbocycles. The summed E-state index contributed by atoms with van der Waals surface area (Å²) < 4.78 is 28.5. The second-order valence-corrected chi connectivity index (χ2v) is 5.65. The Labute approximate surface area is 122 Å². The molecule has 0 radical (unpaired) electrons. The lowest BCUT2D eigenvalue weighted by molar-refractivity contribution is -0.134. The van der Waals surface area contributed by atoms with E-state index in [1.807, 2.05) is 0 Å². The molecule has 1 fully saturated rings. The van der Waals surface area contributed by atoms with Gasteiger partial charge in [-0.1, -0.05) is 19.9 Å². The maximum absolute atomic E-state index is 14.3. The molecular formula is C15H18F2N2O2. The zero-order valence-corrected chi connectivity index (χ0v) is 12.4. The first kappa shape index (κ1) is 15.4. The lowest BCUT2D eigenvalue weighted by Crippen LogP contribution is -2.64. The monoisotopic (exact) mass is 296 g/mol. The van der Waals surface area contributed by atoms with Gasteiger partial charge in [-0.3, -0.25) is 14.5 Å². The van der Waals surface area contributed by atoms with Crippen LogP contribution < -0.4 is 10.2 Å². The molecule has 1 aliphatic heterocycles. The number of amides is 2. The summed E-state index contributed by atoms with van der Waals surface area (Å²) in [5.74, 6) is -2.86. The summed E-state index contributed by atoms with van der Waals surface area (Å²) in [6.07, 6.45) is 0. The highest BCUT2D eigenvalue weighted by Crippen LogP contribution is 2.31. The van der Waals surface area contributed by atoms with Crippen LogP contribution in [0, 0.1) is 24.5 Å². The van der Waals surface area contributed by atoms with Gasteiger partial charge in [0.2, 0.25) is 11.8 Å². The number of rotatable bonds is 2. The van der Waals surface area contributed by atoms with Crippen LogP contribution in [0.5, 0.6) is 0 Å². The third-order valence-electron chi connectivity index (χ3n) is 3.65. The van der Waals surface area contributed by atoms with E-state index >= 15 is 0 Å². The van der Waals surface area contributed by atoms with Crippen LogP contribution in [0.4, 0.5) is 14.5 Å². The van der Waals surface area contributed by atoms with Gasteiger partial charge in [-0.05, 0) is 31.4 Å². The minimum Gasteiger partial charge on any atom is -0.343 e. The van der Waals surface area contributed by atoms with E-state index in [0.717, 1.165) is 11.0 Å². The van der Waals surface area contributed by atoms with E-state index < -0.39 is 41.2 Å². The topological polar surface area (TPSA) is 49.4 Å². The van der Waals surface area contributed by atoms with E-state index in [1.165, 1.54) is 19.9 Å². The molecule has 2 rings (SSSR count). The zero-order chi connectivity index (χ0) is 15.9. The van der Waals surface area contributed by atoms with Crippen molar-refractivity contribution in [1.29, 1.82) is 0 Å². The van der Waals surface area contributed by atoms with Crippen molar-refractivity contribution in [3.8, 4) is 0 Å². The summed E-state index contributed by atoms with van der Waals surface area (Å²) in [7, 11) is 0. The minimum atomic E-state index is -0.931. The number of benzene rings is 1. The van der Waals surface area contributed by atoms with Gasteiger partial charge in [0.1, 0.15) is 23.6 Å². The first-order valence-corrected chi connectivity index (χ1v) is 6.83. The first-order chi connectivity index (χ1) is 9.75. The molecule has 2 amide bonds. The fourth-order valence-corrected chi connectivity index (χ4v) is 2.54. The van der Waals surface area contributed by atoms with Crippen molar-refractivity contribution < 1.29 is 18.4 Å². The molecule has 6 heteroatoms. The lowest BCUT2D eigenvalue weighted by atomic mass is 9.96. The summed E-state index contributed by atoms with van der Waals surface area (Å²) in [5.41, 5.74) is -0.222. The van der Waals surface area contributed by atoms with E-state index in [2.05, 4.69) is 5.32 Å². The van der Waals surface area contributed by atoms with E-state index in [0.29, 0.717) is 0 Å². The van der Waals surface area contributed by atoms with Crippen molar-refractivity contribution in [2.24, 2.45) is 5.92 Å². The Balaban J connectivity index is 2.64. The molecule has 1 aliphatic rings. The van der Waals surface area contributed by atoms with Gasteiger partial charge >= 0.3 is 0 Å². The number of carbonyl (C=O) groups excluding carboxylic acids is 2. The van der Waals surface area contributed by atoms with Crippen LogP contribution in [-0.4, -0.2) is 23.9 Å². The number of nitrogens with one attached hydrogen (secondary N) is 1. The van der Waals surface area contributed by atoms with Gasteiger partial charge in [-0.25, -0.2) is 8.78 Å².